The molecule has 0 saturated heterocycles. The number of hydrazine groups is 1. The second-order valence-electron chi connectivity index (χ2n) is 6.20. The van der Waals surface area contributed by atoms with Gasteiger partial charge < -0.3 is 5.32 Å². The van der Waals surface area contributed by atoms with E-state index in [1.54, 1.807) is 12.1 Å². The highest BCUT2D eigenvalue weighted by Gasteiger charge is 2.21. The maximum Gasteiger partial charge on any atom is 0.284 e. The SMILES string of the molecule is CNN(C(=O)c1sccc1NCc1ccnc2ccccc12)c1ccccc1. The van der Waals surface area contributed by atoms with Gasteiger partial charge in [-0.05, 0) is 41.3 Å². The van der Waals surface area contributed by atoms with Crippen molar-refractivity contribution in [2.24, 2.45) is 0 Å². The first kappa shape index (κ1) is 18.2. The van der Waals surface area contributed by atoms with Crippen LogP contribution >= 0.6 is 11.3 Å². The summed E-state index contributed by atoms with van der Waals surface area (Å²) >= 11 is 1.43. The summed E-state index contributed by atoms with van der Waals surface area (Å²) in [7, 11) is 1.74. The van der Waals surface area contributed by atoms with Gasteiger partial charge in [0.05, 0.1) is 16.9 Å². The predicted molar refractivity (Wildman–Crippen MR) is 116 cm³/mol. The van der Waals surface area contributed by atoms with Crippen LogP contribution in [0, 0.1) is 0 Å². The molecule has 0 spiro atoms. The topological polar surface area (TPSA) is 57.3 Å². The third-order valence-electron chi connectivity index (χ3n) is 4.51. The quantitative estimate of drug-likeness (QED) is 0.471. The number of amides is 1. The number of nitrogens with one attached hydrogen (secondary N) is 2. The highest BCUT2D eigenvalue weighted by Crippen LogP contribution is 2.27. The Morgan fingerprint density at radius 3 is 2.64 bits per heavy atom. The molecule has 2 aromatic heterocycles. The summed E-state index contributed by atoms with van der Waals surface area (Å²) in [5.41, 5.74) is 6.72. The monoisotopic (exact) mass is 388 g/mol. The van der Waals surface area contributed by atoms with E-state index in [1.807, 2.05) is 72.2 Å². The fourth-order valence-electron chi connectivity index (χ4n) is 3.14. The van der Waals surface area contributed by atoms with E-state index in [1.165, 1.54) is 11.3 Å². The van der Waals surface area contributed by atoms with Crippen LogP contribution in [0.3, 0.4) is 0 Å². The molecule has 4 aromatic rings. The average Bonchev–Trinajstić information content (AvgIpc) is 3.22. The van der Waals surface area contributed by atoms with Crippen LogP contribution in [0.4, 0.5) is 11.4 Å². The number of thiophene rings is 1. The highest BCUT2D eigenvalue weighted by atomic mass is 32.1. The molecule has 2 N–H and O–H groups in total. The van der Waals surface area contributed by atoms with Gasteiger partial charge in [-0.15, -0.1) is 11.3 Å². The largest absolute Gasteiger partial charge is 0.380 e. The normalized spacial score (nSPS) is 10.8. The average molecular weight is 388 g/mol. The van der Waals surface area contributed by atoms with Crippen molar-refractivity contribution in [2.75, 3.05) is 17.4 Å². The summed E-state index contributed by atoms with van der Waals surface area (Å²) in [6, 6.07) is 21.6. The fourth-order valence-corrected chi connectivity index (χ4v) is 3.94. The summed E-state index contributed by atoms with van der Waals surface area (Å²) in [5, 5.41) is 8.02. The van der Waals surface area contributed by atoms with E-state index in [0.717, 1.165) is 27.8 Å². The molecule has 0 aliphatic rings. The van der Waals surface area contributed by atoms with Crippen LogP contribution in [-0.2, 0) is 6.54 Å². The maximum absolute atomic E-state index is 13.1. The lowest BCUT2D eigenvalue weighted by Crippen LogP contribution is -2.40. The van der Waals surface area contributed by atoms with Gasteiger partial charge in [-0.25, -0.2) is 10.4 Å². The van der Waals surface area contributed by atoms with E-state index >= 15 is 0 Å². The summed E-state index contributed by atoms with van der Waals surface area (Å²) < 4.78 is 0. The number of para-hydroxylation sites is 2. The van der Waals surface area contributed by atoms with Crippen LogP contribution < -0.4 is 15.8 Å². The van der Waals surface area contributed by atoms with E-state index in [9.17, 15) is 4.79 Å². The smallest absolute Gasteiger partial charge is 0.284 e. The number of carbonyl (C=O) groups excluding carboxylic acids is 1. The molecule has 140 valence electrons. The molecule has 28 heavy (non-hydrogen) atoms. The van der Waals surface area contributed by atoms with Crippen molar-refractivity contribution in [1.29, 1.82) is 0 Å². The Morgan fingerprint density at radius 1 is 1.04 bits per heavy atom. The van der Waals surface area contributed by atoms with Crippen molar-refractivity contribution >= 4 is 39.5 Å². The van der Waals surface area contributed by atoms with Crippen molar-refractivity contribution in [3.8, 4) is 0 Å². The second kappa shape index (κ2) is 8.21. The minimum absolute atomic E-state index is 0.0919. The molecule has 1 amide bonds. The Morgan fingerprint density at radius 2 is 1.82 bits per heavy atom. The zero-order chi connectivity index (χ0) is 19.3. The van der Waals surface area contributed by atoms with Crippen LogP contribution in [0.5, 0.6) is 0 Å². The van der Waals surface area contributed by atoms with Crippen LogP contribution in [0.15, 0.2) is 78.3 Å². The number of anilines is 2. The van der Waals surface area contributed by atoms with Crippen molar-refractivity contribution in [1.82, 2.24) is 10.4 Å². The Balaban J connectivity index is 1.56. The maximum atomic E-state index is 13.1. The zero-order valence-corrected chi connectivity index (χ0v) is 16.2. The molecular formula is C22H20N4OS. The molecule has 5 nitrogen and oxygen atoms in total. The third-order valence-corrected chi connectivity index (χ3v) is 5.41. The van der Waals surface area contributed by atoms with Gasteiger partial charge in [-0.3, -0.25) is 9.78 Å². The van der Waals surface area contributed by atoms with Crippen LogP contribution in [0.25, 0.3) is 10.9 Å². The third kappa shape index (κ3) is 3.60. The molecule has 0 saturated carbocycles. The van der Waals surface area contributed by atoms with Crippen molar-refractivity contribution in [3.05, 3.63) is 88.7 Å². The molecule has 0 atom stereocenters. The molecule has 0 radical (unpaired) electrons. The predicted octanol–water partition coefficient (Wildman–Crippen LogP) is 4.69. The van der Waals surface area contributed by atoms with E-state index in [4.69, 9.17) is 0 Å². The Labute approximate surface area is 167 Å². The summed E-state index contributed by atoms with van der Waals surface area (Å²) in [5.74, 6) is -0.0919. The molecule has 0 unspecified atom stereocenters. The number of pyridine rings is 1. The van der Waals surface area contributed by atoms with E-state index in [2.05, 4.69) is 21.8 Å². The molecule has 6 heteroatoms. The summed E-state index contributed by atoms with van der Waals surface area (Å²) in [4.78, 5) is 18.2. The van der Waals surface area contributed by atoms with Crippen LogP contribution in [0.1, 0.15) is 15.2 Å². The molecule has 0 fully saturated rings. The zero-order valence-electron chi connectivity index (χ0n) is 15.4. The number of fused-ring (bicyclic) bond motifs is 1. The number of hydrogen-bond acceptors (Lipinski definition) is 5. The van der Waals surface area contributed by atoms with Crippen molar-refractivity contribution in [2.45, 2.75) is 6.54 Å². The first-order chi connectivity index (χ1) is 13.8. The molecule has 0 aliphatic heterocycles. The summed E-state index contributed by atoms with van der Waals surface area (Å²) in [6.07, 6.45) is 1.82. The lowest BCUT2D eigenvalue weighted by Gasteiger charge is -2.21. The fraction of sp³-hybridized carbons (Fsp3) is 0.0909. The van der Waals surface area contributed by atoms with E-state index < -0.39 is 0 Å². The number of nitrogens with zero attached hydrogens (tertiary/aromatic N) is 2. The molecule has 0 bridgehead atoms. The molecule has 4 rings (SSSR count). The summed E-state index contributed by atoms with van der Waals surface area (Å²) in [6.45, 7) is 0.616. The Hall–Kier alpha value is -3.22. The lowest BCUT2D eigenvalue weighted by molar-refractivity contribution is 0.0981. The first-order valence-electron chi connectivity index (χ1n) is 8.99. The van der Waals surface area contributed by atoms with Crippen LogP contribution in [0.2, 0.25) is 0 Å². The van der Waals surface area contributed by atoms with Gasteiger partial charge in [-0.2, -0.15) is 0 Å². The molecule has 2 heterocycles. The Bertz CT molecular complexity index is 1090. The van der Waals surface area contributed by atoms with Gasteiger partial charge in [0.2, 0.25) is 0 Å². The van der Waals surface area contributed by atoms with Gasteiger partial charge in [-0.1, -0.05) is 36.4 Å². The second-order valence-corrected chi connectivity index (χ2v) is 7.12. The minimum atomic E-state index is -0.0919. The number of benzene rings is 2. The molecular weight excluding hydrogens is 368 g/mol. The van der Waals surface area contributed by atoms with Crippen LogP contribution in [-0.4, -0.2) is 17.9 Å². The number of hydrogen-bond donors (Lipinski definition) is 2. The first-order valence-corrected chi connectivity index (χ1v) is 9.87. The van der Waals surface area contributed by atoms with Crippen molar-refractivity contribution < 1.29 is 4.79 Å². The van der Waals surface area contributed by atoms with Crippen molar-refractivity contribution in [3.63, 3.8) is 0 Å². The number of aromatic nitrogens is 1. The van der Waals surface area contributed by atoms with Gasteiger partial charge in [0, 0.05) is 25.2 Å². The lowest BCUT2D eigenvalue weighted by atomic mass is 10.1. The standard InChI is InChI=1S/C22H20N4OS/c1-23-26(17-7-3-2-4-8-17)22(27)21-20(12-14-28-21)25-15-16-11-13-24-19-10-6-5-9-18(16)19/h2-14,23,25H,15H2,1H3. The van der Waals surface area contributed by atoms with Gasteiger partial charge in [0.25, 0.3) is 5.91 Å². The van der Waals surface area contributed by atoms with E-state index in [0.29, 0.717) is 11.4 Å². The molecule has 2 aromatic carbocycles. The highest BCUT2D eigenvalue weighted by molar-refractivity contribution is 7.12. The van der Waals surface area contributed by atoms with Gasteiger partial charge in [0.1, 0.15) is 4.88 Å². The number of rotatable bonds is 6. The van der Waals surface area contributed by atoms with Gasteiger partial charge in [0.15, 0.2) is 0 Å². The minimum Gasteiger partial charge on any atom is -0.380 e. The number of carbonyl (C=O) groups is 1. The van der Waals surface area contributed by atoms with Gasteiger partial charge >= 0.3 is 0 Å². The van der Waals surface area contributed by atoms with E-state index in [-0.39, 0.29) is 5.91 Å². The molecule has 0 aliphatic carbocycles. The Kier molecular flexibility index (Phi) is 5.32.